The van der Waals surface area contributed by atoms with Crippen LogP contribution >= 0.6 is 0 Å². The molecule has 0 amide bonds. The summed E-state index contributed by atoms with van der Waals surface area (Å²) in [6.45, 7) is 6.25. The summed E-state index contributed by atoms with van der Waals surface area (Å²) in [6.07, 6.45) is 3.47. The van der Waals surface area contributed by atoms with E-state index in [0.29, 0.717) is 0 Å². The van der Waals surface area contributed by atoms with Gasteiger partial charge in [0.1, 0.15) is 0 Å². The molecule has 0 atom stereocenters. The van der Waals surface area contributed by atoms with Gasteiger partial charge in [-0.25, -0.2) is 0 Å². The molecule has 0 bridgehead atoms. The van der Waals surface area contributed by atoms with Crippen LogP contribution in [-0.4, -0.2) is 0 Å². The summed E-state index contributed by atoms with van der Waals surface area (Å²) in [7, 11) is 0. The minimum absolute atomic E-state index is 1.10. The molecule has 0 aliphatic heterocycles. The van der Waals surface area contributed by atoms with Crippen LogP contribution in [0.15, 0.2) is 30.4 Å². The third-order valence-electron chi connectivity index (χ3n) is 2.68. The number of benzene rings is 1. The van der Waals surface area contributed by atoms with Crippen molar-refractivity contribution in [3.8, 4) is 0 Å². The molecule has 1 aromatic rings. The summed E-state index contributed by atoms with van der Waals surface area (Å²) >= 11 is 0. The summed E-state index contributed by atoms with van der Waals surface area (Å²) < 4.78 is 0. The molecular weight excluding hydrogens is 144 g/mol. The molecule has 1 aliphatic carbocycles. The Labute approximate surface area is 73.9 Å². The maximum atomic E-state index is 4.05. The highest BCUT2D eigenvalue weighted by Crippen LogP contribution is 2.26. The van der Waals surface area contributed by atoms with Crippen LogP contribution in [-0.2, 0) is 12.8 Å². The molecule has 0 nitrogen and oxygen atoms in total. The van der Waals surface area contributed by atoms with E-state index in [-0.39, 0.29) is 0 Å². The van der Waals surface area contributed by atoms with Crippen LogP contribution in [0.3, 0.4) is 0 Å². The summed E-state index contributed by atoms with van der Waals surface area (Å²) in [5, 5.41) is 0. The number of hydrogen-bond acceptors (Lipinski definition) is 0. The van der Waals surface area contributed by atoms with Crippen LogP contribution in [0.5, 0.6) is 0 Å². The molecule has 0 heterocycles. The first-order valence-corrected chi connectivity index (χ1v) is 4.51. The maximum Gasteiger partial charge on any atom is -0.00643 e. The van der Waals surface area contributed by atoms with Crippen molar-refractivity contribution in [2.75, 3.05) is 0 Å². The van der Waals surface area contributed by atoms with Crippen molar-refractivity contribution in [3.05, 3.63) is 47.0 Å². The van der Waals surface area contributed by atoms with E-state index >= 15 is 0 Å². The largest absolute Gasteiger partial charge is 0.0995 e. The van der Waals surface area contributed by atoms with Gasteiger partial charge in [0.15, 0.2) is 0 Å². The monoisotopic (exact) mass is 158 g/mol. The van der Waals surface area contributed by atoms with Gasteiger partial charge in [-0.15, -0.1) is 0 Å². The van der Waals surface area contributed by atoms with Gasteiger partial charge in [-0.3, -0.25) is 0 Å². The lowest BCUT2D eigenvalue weighted by molar-refractivity contribution is 0.834. The zero-order valence-electron chi connectivity index (χ0n) is 7.56. The van der Waals surface area contributed by atoms with E-state index in [1.807, 2.05) is 0 Å². The summed E-state index contributed by atoms with van der Waals surface area (Å²) in [5.41, 5.74) is 5.86. The predicted octanol–water partition coefficient (Wildman–Crippen LogP) is 3.04. The fourth-order valence-electron chi connectivity index (χ4n) is 1.90. The van der Waals surface area contributed by atoms with Crippen LogP contribution in [0.4, 0.5) is 0 Å². The Balaban J connectivity index is 2.50. The lowest BCUT2D eigenvalue weighted by Crippen LogP contribution is -2.06. The SMILES string of the molecule is C=C1CCc2cccc(C)c2C1. The van der Waals surface area contributed by atoms with E-state index < -0.39 is 0 Å². The lowest BCUT2D eigenvalue weighted by Gasteiger charge is -2.19. The topological polar surface area (TPSA) is 0 Å². The second-order valence-corrected chi connectivity index (χ2v) is 3.64. The van der Waals surface area contributed by atoms with Gasteiger partial charge >= 0.3 is 0 Å². The molecule has 0 radical (unpaired) electrons. The third-order valence-corrected chi connectivity index (χ3v) is 2.68. The Hall–Kier alpha value is -1.04. The average Bonchev–Trinajstić information content (AvgIpc) is 2.07. The second kappa shape index (κ2) is 2.78. The van der Waals surface area contributed by atoms with Crippen LogP contribution in [0.2, 0.25) is 0 Å². The molecule has 0 unspecified atom stereocenters. The molecule has 0 fully saturated rings. The van der Waals surface area contributed by atoms with Crippen molar-refractivity contribution < 1.29 is 0 Å². The molecule has 0 heteroatoms. The normalized spacial score (nSPS) is 15.9. The van der Waals surface area contributed by atoms with Crippen LogP contribution < -0.4 is 0 Å². The van der Waals surface area contributed by atoms with Crippen molar-refractivity contribution in [3.63, 3.8) is 0 Å². The highest BCUT2D eigenvalue weighted by atomic mass is 14.2. The van der Waals surface area contributed by atoms with Crippen molar-refractivity contribution in [2.24, 2.45) is 0 Å². The molecular formula is C12H14. The van der Waals surface area contributed by atoms with Crippen molar-refractivity contribution in [2.45, 2.75) is 26.2 Å². The number of allylic oxidation sites excluding steroid dienone is 1. The Morgan fingerprint density at radius 3 is 2.92 bits per heavy atom. The van der Waals surface area contributed by atoms with Gasteiger partial charge in [0.2, 0.25) is 0 Å². The third kappa shape index (κ3) is 1.18. The maximum absolute atomic E-state index is 4.05. The molecule has 12 heavy (non-hydrogen) atoms. The van der Waals surface area contributed by atoms with E-state index in [1.165, 1.54) is 35.1 Å². The summed E-state index contributed by atoms with van der Waals surface area (Å²) in [6, 6.07) is 6.59. The summed E-state index contributed by atoms with van der Waals surface area (Å²) in [5.74, 6) is 0. The number of rotatable bonds is 0. The lowest BCUT2D eigenvalue weighted by atomic mass is 9.86. The molecule has 0 N–H and O–H groups in total. The molecule has 2 rings (SSSR count). The molecule has 62 valence electrons. The Morgan fingerprint density at radius 2 is 2.08 bits per heavy atom. The van der Waals surface area contributed by atoms with Gasteiger partial charge < -0.3 is 0 Å². The minimum atomic E-state index is 1.10. The van der Waals surface area contributed by atoms with Gasteiger partial charge in [0, 0.05) is 0 Å². The highest BCUT2D eigenvalue weighted by Gasteiger charge is 2.12. The number of fused-ring (bicyclic) bond motifs is 1. The molecule has 0 saturated carbocycles. The fraction of sp³-hybridized carbons (Fsp3) is 0.333. The van der Waals surface area contributed by atoms with Crippen LogP contribution in [0.1, 0.15) is 23.1 Å². The first kappa shape index (κ1) is 7.60. The fourth-order valence-corrected chi connectivity index (χ4v) is 1.90. The van der Waals surface area contributed by atoms with E-state index in [1.54, 1.807) is 0 Å². The Bertz CT molecular complexity index is 321. The van der Waals surface area contributed by atoms with Gasteiger partial charge in [0.25, 0.3) is 0 Å². The summed E-state index contributed by atoms with van der Waals surface area (Å²) in [4.78, 5) is 0. The Morgan fingerprint density at radius 1 is 1.25 bits per heavy atom. The van der Waals surface area contributed by atoms with E-state index in [4.69, 9.17) is 0 Å². The van der Waals surface area contributed by atoms with Crippen molar-refractivity contribution in [1.82, 2.24) is 0 Å². The standard InChI is InChI=1S/C12H14/c1-9-6-7-11-5-3-4-10(2)12(11)8-9/h3-5H,1,6-8H2,2H3. The first-order valence-electron chi connectivity index (χ1n) is 4.51. The highest BCUT2D eigenvalue weighted by molar-refractivity contribution is 5.40. The van der Waals surface area contributed by atoms with Gasteiger partial charge in [-0.05, 0) is 42.9 Å². The average molecular weight is 158 g/mol. The van der Waals surface area contributed by atoms with Gasteiger partial charge in [-0.1, -0.05) is 30.4 Å². The molecule has 1 aromatic carbocycles. The van der Waals surface area contributed by atoms with Crippen LogP contribution in [0.25, 0.3) is 0 Å². The molecule has 0 spiro atoms. The number of hydrogen-bond donors (Lipinski definition) is 0. The molecule has 0 saturated heterocycles. The van der Waals surface area contributed by atoms with Crippen molar-refractivity contribution >= 4 is 0 Å². The van der Waals surface area contributed by atoms with E-state index in [2.05, 4.69) is 31.7 Å². The first-order chi connectivity index (χ1) is 5.77. The molecule has 1 aliphatic rings. The predicted molar refractivity (Wildman–Crippen MR) is 52.3 cm³/mol. The second-order valence-electron chi connectivity index (χ2n) is 3.64. The van der Waals surface area contributed by atoms with Gasteiger partial charge in [-0.2, -0.15) is 0 Å². The minimum Gasteiger partial charge on any atom is -0.0995 e. The smallest absolute Gasteiger partial charge is 0.00643 e. The zero-order valence-corrected chi connectivity index (χ0v) is 7.56. The van der Waals surface area contributed by atoms with E-state index in [0.717, 1.165) is 6.42 Å². The Kier molecular flexibility index (Phi) is 1.76. The van der Waals surface area contributed by atoms with Crippen LogP contribution in [0, 0.1) is 6.92 Å². The zero-order chi connectivity index (χ0) is 8.55. The number of aryl methyl sites for hydroxylation is 2. The van der Waals surface area contributed by atoms with Crippen molar-refractivity contribution in [1.29, 1.82) is 0 Å². The molecule has 0 aromatic heterocycles. The quantitative estimate of drug-likeness (QED) is 0.509. The van der Waals surface area contributed by atoms with E-state index in [9.17, 15) is 0 Å². The van der Waals surface area contributed by atoms with Gasteiger partial charge in [0.05, 0.1) is 0 Å².